The van der Waals surface area contributed by atoms with Gasteiger partial charge < -0.3 is 10.2 Å². The Kier molecular flexibility index (Phi) is 6.99. The summed E-state index contributed by atoms with van der Waals surface area (Å²) >= 11 is 0. The summed E-state index contributed by atoms with van der Waals surface area (Å²) in [6, 6.07) is 6.64. The number of aryl methyl sites for hydroxylation is 2. The van der Waals surface area contributed by atoms with Gasteiger partial charge >= 0.3 is 6.18 Å². The van der Waals surface area contributed by atoms with Gasteiger partial charge in [0.05, 0.1) is 0 Å². The highest BCUT2D eigenvalue weighted by atomic mass is 19.4. The van der Waals surface area contributed by atoms with Crippen molar-refractivity contribution in [2.45, 2.75) is 46.7 Å². The molecule has 0 saturated carbocycles. The van der Waals surface area contributed by atoms with Crippen molar-refractivity contribution in [3.8, 4) is 0 Å². The summed E-state index contributed by atoms with van der Waals surface area (Å²) in [6.45, 7) is 8.32. The molecule has 2 heterocycles. The van der Waals surface area contributed by atoms with Crippen LogP contribution in [0, 0.1) is 13.8 Å². The number of nitrogens with one attached hydrogen (secondary N) is 1. The van der Waals surface area contributed by atoms with Crippen molar-refractivity contribution in [3.63, 3.8) is 0 Å². The number of hydrogen-bond donors (Lipinski definition) is 1. The fourth-order valence-electron chi connectivity index (χ4n) is 3.54. The third kappa shape index (κ3) is 5.29. The molecule has 0 bridgehead atoms. The molecule has 2 aromatic heterocycles. The second-order valence-electron chi connectivity index (χ2n) is 7.51. The van der Waals surface area contributed by atoms with Crippen molar-refractivity contribution >= 4 is 23.3 Å². The first-order valence-electron chi connectivity index (χ1n) is 10.5. The average molecular weight is 462 g/mol. The fourth-order valence-corrected chi connectivity index (χ4v) is 3.54. The molecule has 3 aromatic rings. The molecule has 3 rings (SSSR count). The van der Waals surface area contributed by atoms with Gasteiger partial charge in [-0.15, -0.1) is 5.10 Å². The smallest absolute Gasteiger partial charge is 0.339 e. The molecule has 0 saturated heterocycles. The number of benzene rings is 1. The molecule has 33 heavy (non-hydrogen) atoms. The SMILES string of the molecule is CCN(CC)C(=O)c1ccc(NC(=O)CCc2c(C)nc3nc(C(F)(F)F)nn3c2C)cc1. The maximum absolute atomic E-state index is 12.9. The van der Waals surface area contributed by atoms with Gasteiger partial charge in [0, 0.05) is 42.1 Å². The lowest BCUT2D eigenvalue weighted by Gasteiger charge is -2.18. The van der Waals surface area contributed by atoms with Crippen molar-refractivity contribution in [2.75, 3.05) is 18.4 Å². The van der Waals surface area contributed by atoms with Gasteiger partial charge in [-0.3, -0.25) is 9.59 Å². The number of anilines is 1. The summed E-state index contributed by atoms with van der Waals surface area (Å²) in [5.74, 6) is -1.74. The van der Waals surface area contributed by atoms with Crippen LogP contribution < -0.4 is 5.32 Å². The lowest BCUT2D eigenvalue weighted by Crippen LogP contribution is -2.30. The lowest BCUT2D eigenvalue weighted by molar-refractivity contribution is -0.144. The van der Waals surface area contributed by atoms with Gasteiger partial charge in [-0.1, -0.05) is 0 Å². The normalized spacial score (nSPS) is 11.6. The van der Waals surface area contributed by atoms with Crippen molar-refractivity contribution < 1.29 is 22.8 Å². The predicted octanol–water partition coefficient (Wildman–Crippen LogP) is 3.81. The average Bonchev–Trinajstić information content (AvgIpc) is 3.19. The minimum Gasteiger partial charge on any atom is -0.339 e. The molecule has 11 heteroatoms. The van der Waals surface area contributed by atoms with E-state index in [-0.39, 0.29) is 30.4 Å². The van der Waals surface area contributed by atoms with Gasteiger partial charge in [0.15, 0.2) is 0 Å². The molecule has 0 fully saturated rings. The van der Waals surface area contributed by atoms with Crippen LogP contribution in [0.15, 0.2) is 24.3 Å². The third-order valence-electron chi connectivity index (χ3n) is 5.37. The minimum atomic E-state index is -4.67. The monoisotopic (exact) mass is 462 g/mol. The van der Waals surface area contributed by atoms with Gasteiger partial charge in [0.2, 0.25) is 5.91 Å². The zero-order valence-electron chi connectivity index (χ0n) is 18.8. The largest absolute Gasteiger partial charge is 0.453 e. The highest BCUT2D eigenvalue weighted by Gasteiger charge is 2.37. The molecule has 1 aromatic carbocycles. The third-order valence-corrected chi connectivity index (χ3v) is 5.37. The van der Waals surface area contributed by atoms with E-state index in [0.29, 0.717) is 41.3 Å². The second-order valence-corrected chi connectivity index (χ2v) is 7.51. The summed E-state index contributed by atoms with van der Waals surface area (Å²) in [5.41, 5.74) is 2.66. The Morgan fingerprint density at radius 1 is 1.06 bits per heavy atom. The molecule has 0 aliphatic heterocycles. The van der Waals surface area contributed by atoms with Gasteiger partial charge in [0.25, 0.3) is 17.5 Å². The molecular formula is C22H25F3N6O2. The number of fused-ring (bicyclic) bond motifs is 1. The van der Waals surface area contributed by atoms with Crippen LogP contribution in [0.2, 0.25) is 0 Å². The molecule has 0 aliphatic carbocycles. The summed E-state index contributed by atoms with van der Waals surface area (Å²) in [4.78, 5) is 34.1. The van der Waals surface area contributed by atoms with E-state index in [2.05, 4.69) is 20.4 Å². The Labute approximate surface area is 188 Å². The molecule has 8 nitrogen and oxygen atoms in total. The van der Waals surface area contributed by atoms with Crippen LogP contribution in [0.5, 0.6) is 0 Å². The van der Waals surface area contributed by atoms with Crippen molar-refractivity contribution in [3.05, 3.63) is 52.6 Å². The van der Waals surface area contributed by atoms with E-state index in [0.717, 1.165) is 4.52 Å². The molecule has 0 radical (unpaired) electrons. The molecular weight excluding hydrogens is 437 g/mol. The number of rotatable bonds is 7. The van der Waals surface area contributed by atoms with Crippen LogP contribution >= 0.6 is 0 Å². The summed E-state index contributed by atoms with van der Waals surface area (Å²) in [6.07, 6.45) is -4.30. The van der Waals surface area contributed by atoms with Gasteiger partial charge in [-0.25, -0.2) is 9.50 Å². The maximum atomic E-state index is 12.9. The molecule has 0 atom stereocenters. The van der Waals surface area contributed by atoms with E-state index in [1.807, 2.05) is 13.8 Å². The number of hydrogen-bond acceptors (Lipinski definition) is 5. The number of halogens is 3. The summed E-state index contributed by atoms with van der Waals surface area (Å²) in [7, 11) is 0. The lowest BCUT2D eigenvalue weighted by atomic mass is 10.1. The Morgan fingerprint density at radius 3 is 2.27 bits per heavy atom. The van der Waals surface area contributed by atoms with Gasteiger partial charge in [0.1, 0.15) is 0 Å². The standard InChI is InChI=1S/C22H25F3N6O2/c1-5-30(6-2)19(33)15-7-9-16(10-8-15)27-18(32)12-11-17-13(3)26-21-28-20(22(23,24)25)29-31(21)14(17)4/h7-10H,5-6,11-12H2,1-4H3,(H,27,32). The van der Waals surface area contributed by atoms with Crippen LogP contribution in [0.3, 0.4) is 0 Å². The topological polar surface area (TPSA) is 92.5 Å². The van der Waals surface area contributed by atoms with Crippen LogP contribution in [0.1, 0.15) is 53.4 Å². The van der Waals surface area contributed by atoms with Crippen LogP contribution in [-0.4, -0.2) is 49.4 Å². The number of alkyl halides is 3. The summed E-state index contributed by atoms with van der Waals surface area (Å²) in [5, 5.41) is 6.28. The van der Waals surface area contributed by atoms with E-state index < -0.39 is 12.0 Å². The highest BCUT2D eigenvalue weighted by molar-refractivity contribution is 5.95. The highest BCUT2D eigenvalue weighted by Crippen LogP contribution is 2.27. The molecule has 176 valence electrons. The molecule has 0 aliphatic rings. The maximum Gasteiger partial charge on any atom is 0.453 e. The number of carbonyl (C=O) groups is 2. The van der Waals surface area contributed by atoms with E-state index in [1.165, 1.54) is 0 Å². The number of carbonyl (C=O) groups excluding carboxylic acids is 2. The molecule has 2 amide bonds. The Bertz CT molecular complexity index is 1170. The molecule has 0 spiro atoms. The van der Waals surface area contributed by atoms with E-state index in [9.17, 15) is 22.8 Å². The Morgan fingerprint density at radius 2 is 1.70 bits per heavy atom. The van der Waals surface area contributed by atoms with Crippen molar-refractivity contribution in [2.24, 2.45) is 0 Å². The van der Waals surface area contributed by atoms with Crippen molar-refractivity contribution in [1.29, 1.82) is 0 Å². The van der Waals surface area contributed by atoms with Crippen LogP contribution in [-0.2, 0) is 17.4 Å². The summed E-state index contributed by atoms with van der Waals surface area (Å²) < 4.78 is 39.8. The minimum absolute atomic E-state index is 0.0755. The molecule has 0 unspecified atom stereocenters. The van der Waals surface area contributed by atoms with E-state index >= 15 is 0 Å². The quantitative estimate of drug-likeness (QED) is 0.576. The van der Waals surface area contributed by atoms with Crippen LogP contribution in [0.25, 0.3) is 5.78 Å². The second kappa shape index (κ2) is 9.55. The van der Waals surface area contributed by atoms with Gasteiger partial charge in [-0.05, 0) is 63.9 Å². The van der Waals surface area contributed by atoms with E-state index in [1.54, 1.807) is 43.0 Å². The zero-order chi connectivity index (χ0) is 24.3. The van der Waals surface area contributed by atoms with E-state index in [4.69, 9.17) is 0 Å². The fraction of sp³-hybridized carbons (Fsp3) is 0.409. The number of amides is 2. The number of aromatic nitrogens is 4. The Balaban J connectivity index is 1.68. The first-order chi connectivity index (χ1) is 15.5. The molecule has 1 N–H and O–H groups in total. The Hall–Kier alpha value is -3.50. The predicted molar refractivity (Wildman–Crippen MR) is 116 cm³/mol. The zero-order valence-corrected chi connectivity index (χ0v) is 18.8. The van der Waals surface area contributed by atoms with Gasteiger partial charge in [-0.2, -0.15) is 18.2 Å². The first kappa shape index (κ1) is 24.1. The first-order valence-corrected chi connectivity index (χ1v) is 10.5. The van der Waals surface area contributed by atoms with Crippen molar-refractivity contribution in [1.82, 2.24) is 24.5 Å². The van der Waals surface area contributed by atoms with Crippen LogP contribution in [0.4, 0.5) is 18.9 Å². The number of nitrogens with zero attached hydrogens (tertiary/aromatic N) is 5.